The van der Waals surface area contributed by atoms with Crippen molar-refractivity contribution in [1.82, 2.24) is 34.0 Å². The van der Waals surface area contributed by atoms with Crippen LogP contribution in [0.15, 0.2) is 24.4 Å². The van der Waals surface area contributed by atoms with Crippen molar-refractivity contribution in [2.24, 2.45) is 0 Å². The third-order valence-electron chi connectivity index (χ3n) is 5.76. The number of rotatable bonds is 3. The minimum absolute atomic E-state index is 0.0865. The van der Waals surface area contributed by atoms with Gasteiger partial charge in [0.15, 0.2) is 11.5 Å². The summed E-state index contributed by atoms with van der Waals surface area (Å²) in [6.07, 6.45) is 2.07. The van der Waals surface area contributed by atoms with Crippen LogP contribution in [0.25, 0.3) is 27.9 Å². The van der Waals surface area contributed by atoms with Crippen molar-refractivity contribution in [2.75, 3.05) is 31.2 Å². The summed E-state index contributed by atoms with van der Waals surface area (Å²) in [6, 6.07) is 5.55. The smallest absolute Gasteiger partial charge is 0.265 e. The average Bonchev–Trinajstić information content (AvgIpc) is 3.34. The zero-order valence-electron chi connectivity index (χ0n) is 19.4. The first kappa shape index (κ1) is 24.2. The number of alkyl halides is 3. The lowest BCUT2D eigenvalue weighted by molar-refractivity contribution is -0.139. The minimum Gasteiger partial charge on any atom is -0.382 e. The van der Waals surface area contributed by atoms with Gasteiger partial charge in [-0.3, -0.25) is 4.79 Å². The molecule has 0 unspecified atom stereocenters. The molecule has 4 N–H and O–H groups in total. The number of nitrogens with two attached hydrogens (primary N) is 2. The fourth-order valence-electron chi connectivity index (χ4n) is 4.13. The summed E-state index contributed by atoms with van der Waals surface area (Å²) in [5.41, 5.74) is 15.1. The van der Waals surface area contributed by atoms with Crippen LogP contribution in [0.4, 0.5) is 24.9 Å². The van der Waals surface area contributed by atoms with E-state index >= 15 is 0 Å². The molecule has 0 radical (unpaired) electrons. The Hall–Kier alpha value is -3.90. The summed E-state index contributed by atoms with van der Waals surface area (Å²) in [5, 5.41) is 4.10. The second-order valence-electron chi connectivity index (χ2n) is 8.32. The van der Waals surface area contributed by atoms with Crippen molar-refractivity contribution in [3.63, 3.8) is 0 Å². The number of piperidine rings is 1. The Kier molecular flexibility index (Phi) is 6.50. The average molecular weight is 490 g/mol. The van der Waals surface area contributed by atoms with E-state index in [4.69, 9.17) is 11.5 Å². The van der Waals surface area contributed by atoms with Crippen LogP contribution in [0.3, 0.4) is 0 Å². The Morgan fingerprint density at radius 1 is 1.17 bits per heavy atom. The van der Waals surface area contributed by atoms with Gasteiger partial charge in [-0.05, 0) is 31.5 Å². The number of hydrogen-bond acceptors (Lipinski definition) is 7. The van der Waals surface area contributed by atoms with Crippen molar-refractivity contribution in [3.8, 4) is 11.3 Å². The van der Waals surface area contributed by atoms with Gasteiger partial charge in [-0.15, -0.1) is 5.10 Å². The summed E-state index contributed by atoms with van der Waals surface area (Å²) < 4.78 is 41.4. The van der Waals surface area contributed by atoms with Gasteiger partial charge in [0.25, 0.3) is 5.92 Å². The first-order valence-electron chi connectivity index (χ1n) is 11.0. The predicted octanol–water partition coefficient (Wildman–Crippen LogP) is 2.85. The van der Waals surface area contributed by atoms with Crippen LogP contribution < -0.4 is 11.5 Å². The van der Waals surface area contributed by atoms with Gasteiger partial charge < -0.3 is 20.9 Å². The maximum Gasteiger partial charge on any atom is 0.265 e. The predicted molar refractivity (Wildman–Crippen MR) is 125 cm³/mol. The van der Waals surface area contributed by atoms with E-state index in [0.717, 1.165) is 16.9 Å². The summed E-state index contributed by atoms with van der Waals surface area (Å²) in [7, 11) is 0. The van der Waals surface area contributed by atoms with Crippen LogP contribution >= 0.6 is 0 Å². The Bertz CT molecular complexity index is 1380. The summed E-state index contributed by atoms with van der Waals surface area (Å²) in [5.74, 6) is -1.82. The normalized spacial score (nSPS) is 15.3. The van der Waals surface area contributed by atoms with Crippen molar-refractivity contribution in [1.29, 1.82) is 0 Å². The van der Waals surface area contributed by atoms with Gasteiger partial charge in [-0.25, -0.2) is 27.7 Å². The van der Waals surface area contributed by atoms with Gasteiger partial charge in [-0.2, -0.15) is 4.98 Å². The number of nitrogen functional groups attached to an aromatic ring is 2. The van der Waals surface area contributed by atoms with Gasteiger partial charge >= 0.3 is 0 Å². The van der Waals surface area contributed by atoms with Gasteiger partial charge in [0.2, 0.25) is 11.9 Å². The highest BCUT2D eigenvalue weighted by Crippen LogP contribution is 2.29. The number of aromatic nitrogens is 6. The first-order valence-corrected chi connectivity index (χ1v) is 11.0. The van der Waals surface area contributed by atoms with E-state index in [0.29, 0.717) is 29.8 Å². The fourth-order valence-corrected chi connectivity index (χ4v) is 4.13. The van der Waals surface area contributed by atoms with Gasteiger partial charge in [0.1, 0.15) is 23.5 Å². The highest BCUT2D eigenvalue weighted by molar-refractivity contribution is 5.88. The lowest BCUT2D eigenvalue weighted by atomic mass is 10.1. The molecule has 1 saturated heterocycles. The van der Waals surface area contributed by atoms with Crippen LogP contribution in [0.1, 0.15) is 25.6 Å². The third-order valence-corrected chi connectivity index (χ3v) is 5.76. The molecular weight excluding hydrogens is 463 g/mol. The molecule has 4 aromatic rings. The Labute approximate surface area is 198 Å². The van der Waals surface area contributed by atoms with Crippen molar-refractivity contribution < 1.29 is 18.0 Å². The molecule has 1 aliphatic rings. The standard InChI is InChI=1S/C15H15FN8.C7H11F2NO/c1-8-19-11-3-2-10(20-14(11)23(8)7-5-16)9-4-6-24-12(9)13(17)21-15(18)22-24;1-6(11)10-4-2-3-7(8,9)5-10/h2-4,6H,5,7H2,1H3,(H4,17,18,21,22);2-5H2,1H3. The highest BCUT2D eigenvalue weighted by Gasteiger charge is 2.35. The highest BCUT2D eigenvalue weighted by atomic mass is 19.3. The van der Waals surface area contributed by atoms with Gasteiger partial charge in [0, 0.05) is 31.6 Å². The number of nitrogens with zero attached hydrogens (tertiary/aromatic N) is 7. The number of pyridine rings is 1. The zero-order chi connectivity index (χ0) is 25.3. The molecule has 186 valence electrons. The lowest BCUT2D eigenvalue weighted by Gasteiger charge is -2.31. The van der Waals surface area contributed by atoms with Gasteiger partial charge in [0.05, 0.1) is 18.8 Å². The molecule has 0 saturated carbocycles. The number of hydrogen-bond donors (Lipinski definition) is 2. The molecule has 10 nitrogen and oxygen atoms in total. The second-order valence-corrected chi connectivity index (χ2v) is 8.32. The minimum atomic E-state index is -2.66. The molecule has 0 aliphatic carbocycles. The maximum atomic E-state index is 12.8. The van der Waals surface area contributed by atoms with Crippen LogP contribution in [-0.2, 0) is 11.3 Å². The number of carbonyl (C=O) groups is 1. The van der Waals surface area contributed by atoms with Crippen LogP contribution in [0.5, 0.6) is 0 Å². The molecule has 0 bridgehead atoms. The van der Waals surface area contributed by atoms with Crippen molar-refractivity contribution in [2.45, 2.75) is 39.2 Å². The number of aryl methyl sites for hydroxylation is 2. The molecule has 1 amide bonds. The quantitative estimate of drug-likeness (QED) is 0.452. The molecule has 0 aromatic carbocycles. The number of amides is 1. The zero-order valence-corrected chi connectivity index (χ0v) is 19.4. The number of carbonyl (C=O) groups excluding carboxylic acids is 1. The van der Waals surface area contributed by atoms with E-state index < -0.39 is 19.1 Å². The number of imidazole rings is 1. The molecule has 5 heterocycles. The van der Waals surface area contributed by atoms with Crippen LogP contribution in [-0.4, -0.2) is 65.6 Å². The van der Waals surface area contributed by atoms with Crippen molar-refractivity contribution >= 4 is 34.4 Å². The van der Waals surface area contributed by atoms with Gasteiger partial charge in [-0.1, -0.05) is 0 Å². The molecule has 1 fully saturated rings. The van der Waals surface area contributed by atoms with E-state index in [-0.39, 0.29) is 30.6 Å². The monoisotopic (exact) mass is 489 g/mol. The number of anilines is 2. The van der Waals surface area contributed by atoms with E-state index in [1.165, 1.54) is 11.8 Å². The molecular formula is C22H26F3N9O. The van der Waals surface area contributed by atoms with Crippen molar-refractivity contribution in [3.05, 3.63) is 30.2 Å². The van der Waals surface area contributed by atoms with E-state index in [1.54, 1.807) is 15.3 Å². The van der Waals surface area contributed by atoms with E-state index in [2.05, 4.69) is 20.1 Å². The number of fused-ring (bicyclic) bond motifs is 2. The molecule has 35 heavy (non-hydrogen) atoms. The summed E-state index contributed by atoms with van der Waals surface area (Å²) in [4.78, 5) is 24.9. The molecule has 0 atom stereocenters. The van der Waals surface area contributed by atoms with Crippen LogP contribution in [0.2, 0.25) is 0 Å². The molecule has 13 heteroatoms. The molecule has 4 aromatic heterocycles. The third kappa shape index (κ3) is 4.98. The summed E-state index contributed by atoms with van der Waals surface area (Å²) in [6.45, 7) is 2.97. The molecule has 0 spiro atoms. The van der Waals surface area contributed by atoms with E-state index in [1.807, 2.05) is 25.1 Å². The first-order chi connectivity index (χ1) is 16.6. The topological polar surface area (TPSA) is 133 Å². The Morgan fingerprint density at radius 2 is 1.94 bits per heavy atom. The lowest BCUT2D eigenvalue weighted by Crippen LogP contribution is -2.44. The SMILES string of the molecule is CC(=O)N1CCCC(F)(F)C1.Cc1nc2ccc(-c3ccn4nc(N)nc(N)c34)nc2n1CCF. The molecule has 5 rings (SSSR count). The largest absolute Gasteiger partial charge is 0.382 e. The number of likely N-dealkylation sites (tertiary alicyclic amines) is 1. The summed E-state index contributed by atoms with van der Waals surface area (Å²) >= 11 is 0. The maximum absolute atomic E-state index is 12.8. The fraction of sp³-hybridized carbons (Fsp3) is 0.409. The Morgan fingerprint density at radius 3 is 2.60 bits per heavy atom. The van der Waals surface area contributed by atoms with Crippen LogP contribution in [0, 0.1) is 6.92 Å². The van der Waals surface area contributed by atoms with E-state index in [9.17, 15) is 18.0 Å². The number of halogens is 3. The Balaban J connectivity index is 0.000000221. The molecule has 1 aliphatic heterocycles. The second kappa shape index (κ2) is 9.39.